The summed E-state index contributed by atoms with van der Waals surface area (Å²) in [6, 6.07) is 6.43. The lowest BCUT2D eigenvalue weighted by Crippen LogP contribution is -2.23. The van der Waals surface area contributed by atoms with Gasteiger partial charge in [0.1, 0.15) is 0 Å². The minimum atomic E-state index is -3.61. The normalized spacial score (nSPS) is 11.8. The largest absolute Gasteiger partial charge is 0.392 e. The molecule has 108 valence electrons. The average Bonchev–Trinajstić information content (AvgIpc) is 2.83. The fraction of sp³-hybridized carbons (Fsp3) is 0.308. The highest BCUT2D eigenvalue weighted by molar-refractivity contribution is 7.89. The molecule has 1 aromatic carbocycles. The fourth-order valence-corrected chi connectivity index (χ4v) is 2.84. The molecule has 0 aliphatic rings. The highest BCUT2D eigenvalue weighted by Crippen LogP contribution is 2.15. The Morgan fingerprint density at radius 1 is 1.35 bits per heavy atom. The molecule has 6 nitrogen and oxygen atoms in total. The second kappa shape index (κ2) is 5.74. The van der Waals surface area contributed by atoms with Crippen LogP contribution in [0.5, 0.6) is 0 Å². The van der Waals surface area contributed by atoms with Crippen LogP contribution in [-0.2, 0) is 30.2 Å². The maximum Gasteiger partial charge on any atom is 0.240 e. The number of rotatable bonds is 5. The van der Waals surface area contributed by atoms with Gasteiger partial charge in [0.25, 0.3) is 0 Å². The van der Waals surface area contributed by atoms with Crippen molar-refractivity contribution in [2.75, 3.05) is 0 Å². The highest BCUT2D eigenvalue weighted by atomic mass is 32.2. The monoisotopic (exact) mass is 295 g/mol. The van der Waals surface area contributed by atoms with E-state index in [-0.39, 0.29) is 18.0 Å². The molecule has 1 heterocycles. The molecule has 2 aromatic rings. The minimum Gasteiger partial charge on any atom is -0.392 e. The minimum absolute atomic E-state index is 0.130. The van der Waals surface area contributed by atoms with Crippen molar-refractivity contribution in [3.05, 3.63) is 47.3 Å². The number of sulfonamides is 1. The molecule has 0 spiro atoms. The van der Waals surface area contributed by atoms with Crippen LogP contribution in [-0.4, -0.2) is 23.3 Å². The van der Waals surface area contributed by atoms with Gasteiger partial charge in [0, 0.05) is 13.2 Å². The molecule has 2 rings (SSSR count). The van der Waals surface area contributed by atoms with Crippen molar-refractivity contribution in [2.45, 2.75) is 25.0 Å². The Morgan fingerprint density at radius 3 is 2.70 bits per heavy atom. The number of nitrogens with zero attached hydrogens (tertiary/aromatic N) is 2. The summed E-state index contributed by atoms with van der Waals surface area (Å²) in [5.41, 5.74) is 2.10. The summed E-state index contributed by atoms with van der Waals surface area (Å²) in [6.45, 7) is 1.77. The maximum atomic E-state index is 12.2. The van der Waals surface area contributed by atoms with Crippen LogP contribution in [0, 0.1) is 6.92 Å². The topological polar surface area (TPSA) is 84.2 Å². The Labute approximate surface area is 118 Å². The summed E-state index contributed by atoms with van der Waals surface area (Å²) >= 11 is 0. The third kappa shape index (κ3) is 3.24. The van der Waals surface area contributed by atoms with Gasteiger partial charge in [-0.3, -0.25) is 4.68 Å². The number of nitrogens with one attached hydrogen (secondary N) is 1. The summed E-state index contributed by atoms with van der Waals surface area (Å²) in [4.78, 5) is 0.142. The predicted molar refractivity (Wildman–Crippen MR) is 74.3 cm³/mol. The standard InChI is InChI=1S/C13H17N3O3S/c1-10-3-4-13(7-11(10)9-17)20(18,19)14-8-12-5-6-16(2)15-12/h3-7,14,17H,8-9H2,1-2H3. The van der Waals surface area contributed by atoms with E-state index >= 15 is 0 Å². The van der Waals surface area contributed by atoms with Crippen molar-refractivity contribution in [1.82, 2.24) is 14.5 Å². The molecule has 0 unspecified atom stereocenters. The van der Waals surface area contributed by atoms with Gasteiger partial charge >= 0.3 is 0 Å². The number of aliphatic hydroxyl groups excluding tert-OH is 1. The Balaban J connectivity index is 2.17. The van der Waals surface area contributed by atoms with Crippen molar-refractivity contribution in [2.24, 2.45) is 7.05 Å². The number of aliphatic hydroxyl groups is 1. The molecular formula is C13H17N3O3S. The van der Waals surface area contributed by atoms with E-state index in [1.165, 1.54) is 12.1 Å². The van der Waals surface area contributed by atoms with Gasteiger partial charge in [-0.15, -0.1) is 0 Å². The van der Waals surface area contributed by atoms with Gasteiger partial charge < -0.3 is 5.11 Å². The Bertz CT molecular complexity index is 707. The molecule has 0 bridgehead atoms. The molecule has 0 saturated heterocycles. The SMILES string of the molecule is Cc1ccc(S(=O)(=O)NCc2ccn(C)n2)cc1CO. The van der Waals surface area contributed by atoms with Gasteiger partial charge in [-0.1, -0.05) is 6.07 Å². The van der Waals surface area contributed by atoms with Crippen molar-refractivity contribution >= 4 is 10.0 Å². The molecule has 0 radical (unpaired) electrons. The zero-order valence-corrected chi connectivity index (χ0v) is 12.2. The molecule has 7 heteroatoms. The van der Waals surface area contributed by atoms with E-state index in [4.69, 9.17) is 0 Å². The third-order valence-electron chi connectivity index (χ3n) is 3.01. The number of hydrogen-bond donors (Lipinski definition) is 2. The van der Waals surface area contributed by atoms with E-state index in [2.05, 4.69) is 9.82 Å². The molecule has 0 saturated carbocycles. The van der Waals surface area contributed by atoms with Crippen molar-refractivity contribution in [3.8, 4) is 0 Å². The lowest BCUT2D eigenvalue weighted by atomic mass is 10.1. The van der Waals surface area contributed by atoms with Crippen molar-refractivity contribution < 1.29 is 13.5 Å². The van der Waals surface area contributed by atoms with Crippen LogP contribution in [0.3, 0.4) is 0 Å². The van der Waals surface area contributed by atoms with E-state index < -0.39 is 10.0 Å². The van der Waals surface area contributed by atoms with Crippen molar-refractivity contribution in [3.63, 3.8) is 0 Å². The Hall–Kier alpha value is -1.70. The fourth-order valence-electron chi connectivity index (χ4n) is 1.80. The van der Waals surface area contributed by atoms with Gasteiger partial charge in [0.15, 0.2) is 0 Å². The number of aryl methyl sites for hydroxylation is 2. The third-order valence-corrected chi connectivity index (χ3v) is 4.41. The Kier molecular flexibility index (Phi) is 4.22. The van der Waals surface area contributed by atoms with E-state index in [1.54, 1.807) is 30.1 Å². The first-order chi connectivity index (χ1) is 9.42. The zero-order valence-electron chi connectivity index (χ0n) is 11.4. The molecule has 1 aromatic heterocycles. The second-order valence-electron chi connectivity index (χ2n) is 4.55. The van der Waals surface area contributed by atoms with E-state index in [0.717, 1.165) is 5.56 Å². The van der Waals surface area contributed by atoms with E-state index in [9.17, 15) is 13.5 Å². The summed E-state index contributed by atoms with van der Waals surface area (Å²) in [7, 11) is -1.84. The van der Waals surface area contributed by atoms with Crippen LogP contribution >= 0.6 is 0 Å². The average molecular weight is 295 g/mol. The van der Waals surface area contributed by atoms with Crippen LogP contribution in [0.25, 0.3) is 0 Å². The van der Waals surface area contributed by atoms with Gasteiger partial charge in [0.2, 0.25) is 10.0 Å². The van der Waals surface area contributed by atoms with E-state index in [0.29, 0.717) is 11.3 Å². The molecule has 20 heavy (non-hydrogen) atoms. The van der Waals surface area contributed by atoms with Gasteiger partial charge in [-0.05, 0) is 36.2 Å². The van der Waals surface area contributed by atoms with Gasteiger partial charge in [-0.25, -0.2) is 13.1 Å². The lowest BCUT2D eigenvalue weighted by Gasteiger charge is -2.08. The number of hydrogen-bond acceptors (Lipinski definition) is 4. The van der Waals surface area contributed by atoms with Crippen LogP contribution < -0.4 is 4.72 Å². The zero-order chi connectivity index (χ0) is 14.8. The van der Waals surface area contributed by atoms with Crippen LogP contribution in [0.1, 0.15) is 16.8 Å². The summed E-state index contributed by atoms with van der Waals surface area (Å²) in [5.74, 6) is 0. The number of aromatic nitrogens is 2. The number of benzene rings is 1. The summed E-state index contributed by atoms with van der Waals surface area (Å²) < 4.78 is 28.4. The van der Waals surface area contributed by atoms with Gasteiger partial charge in [0.05, 0.1) is 23.7 Å². The van der Waals surface area contributed by atoms with E-state index in [1.807, 2.05) is 6.92 Å². The Morgan fingerprint density at radius 2 is 2.10 bits per heavy atom. The van der Waals surface area contributed by atoms with Gasteiger partial charge in [-0.2, -0.15) is 5.10 Å². The molecule has 0 fully saturated rings. The summed E-state index contributed by atoms with van der Waals surface area (Å²) in [5, 5.41) is 13.3. The lowest BCUT2D eigenvalue weighted by molar-refractivity contribution is 0.280. The molecule has 0 amide bonds. The molecule has 2 N–H and O–H groups in total. The molecule has 0 aliphatic heterocycles. The molecule has 0 aliphatic carbocycles. The van der Waals surface area contributed by atoms with Crippen LogP contribution in [0.15, 0.2) is 35.4 Å². The quantitative estimate of drug-likeness (QED) is 0.850. The second-order valence-corrected chi connectivity index (χ2v) is 6.32. The summed E-state index contributed by atoms with van der Waals surface area (Å²) in [6.07, 6.45) is 1.75. The first-order valence-corrected chi connectivity index (χ1v) is 7.59. The molecule has 0 atom stereocenters. The van der Waals surface area contributed by atoms with Crippen LogP contribution in [0.4, 0.5) is 0 Å². The smallest absolute Gasteiger partial charge is 0.240 e. The first-order valence-electron chi connectivity index (χ1n) is 6.11. The predicted octanol–water partition coefficient (Wildman–Crippen LogP) is 0.699. The van der Waals surface area contributed by atoms with Crippen LogP contribution in [0.2, 0.25) is 0 Å². The van der Waals surface area contributed by atoms with Crippen molar-refractivity contribution in [1.29, 1.82) is 0 Å². The molecular weight excluding hydrogens is 278 g/mol. The highest BCUT2D eigenvalue weighted by Gasteiger charge is 2.15. The maximum absolute atomic E-state index is 12.2. The first kappa shape index (κ1) is 14.7.